The van der Waals surface area contributed by atoms with E-state index in [0.29, 0.717) is 23.2 Å². The molecule has 0 aliphatic carbocycles. The third-order valence-corrected chi connectivity index (χ3v) is 5.05. The highest BCUT2D eigenvalue weighted by Gasteiger charge is 2.30. The molecule has 0 radical (unpaired) electrons. The summed E-state index contributed by atoms with van der Waals surface area (Å²) in [5.41, 5.74) is -3.80. The molecule has 0 atom stereocenters. The lowest BCUT2D eigenvalue weighted by molar-refractivity contribution is -0.0328. The fourth-order valence-corrected chi connectivity index (χ4v) is 3.89. The van der Waals surface area contributed by atoms with E-state index in [-0.39, 0.29) is 38.9 Å². The molecule has 154 valence electrons. The van der Waals surface area contributed by atoms with Crippen molar-refractivity contribution < 1.29 is 18.3 Å². The van der Waals surface area contributed by atoms with Gasteiger partial charge in [-0.1, -0.05) is 18.5 Å². The van der Waals surface area contributed by atoms with Gasteiger partial charge in [0.15, 0.2) is 16.6 Å². The van der Waals surface area contributed by atoms with Gasteiger partial charge in [-0.3, -0.25) is 4.79 Å². The Kier molecular flexibility index (Phi) is 5.68. The molecule has 0 spiro atoms. The minimum absolute atomic E-state index is 0.0119. The first-order valence-corrected chi connectivity index (χ1v) is 9.65. The SMILES string of the molecule is CCc1nn(-c2c(C)cc(SC(F)(F)F)cc2C)c(=O)c(-n2ccc(Cl)n2)c1O. The number of benzene rings is 1. The number of hydrogen-bond donors (Lipinski definition) is 1. The van der Waals surface area contributed by atoms with Crippen molar-refractivity contribution in [3.05, 3.63) is 56.7 Å². The fraction of sp³-hybridized carbons (Fsp3) is 0.278. The first-order valence-electron chi connectivity index (χ1n) is 8.46. The third kappa shape index (κ3) is 4.27. The minimum Gasteiger partial charge on any atom is -0.504 e. The molecule has 0 saturated carbocycles. The Hall–Kier alpha value is -2.46. The summed E-state index contributed by atoms with van der Waals surface area (Å²) < 4.78 is 40.4. The van der Waals surface area contributed by atoms with Crippen molar-refractivity contribution in [1.82, 2.24) is 19.6 Å². The standard InChI is InChI=1S/C18H16ClF3N4O2S/c1-4-12-16(27)15(25-6-5-13(19)24-25)17(28)26(23-12)14-9(2)7-11(8-10(14)3)29-18(20,21)22/h5-8,27H,4H2,1-3H3. The maximum atomic E-state index is 13.1. The molecule has 2 aromatic heterocycles. The van der Waals surface area contributed by atoms with E-state index in [1.165, 1.54) is 24.4 Å². The Morgan fingerprint density at radius 2 is 1.79 bits per heavy atom. The maximum absolute atomic E-state index is 13.1. The minimum atomic E-state index is -4.42. The average molecular weight is 445 g/mol. The summed E-state index contributed by atoms with van der Waals surface area (Å²) in [7, 11) is 0. The van der Waals surface area contributed by atoms with E-state index in [9.17, 15) is 23.1 Å². The summed E-state index contributed by atoms with van der Waals surface area (Å²) in [6.45, 7) is 4.94. The van der Waals surface area contributed by atoms with Gasteiger partial charge in [0.1, 0.15) is 5.69 Å². The summed E-state index contributed by atoms with van der Waals surface area (Å²) in [6, 6.07) is 4.14. The molecular formula is C18H16ClF3N4O2S. The molecule has 0 bridgehead atoms. The molecular weight excluding hydrogens is 429 g/mol. The van der Waals surface area contributed by atoms with Crippen LogP contribution in [-0.4, -0.2) is 30.2 Å². The number of thioether (sulfide) groups is 1. The van der Waals surface area contributed by atoms with E-state index in [2.05, 4.69) is 10.2 Å². The van der Waals surface area contributed by atoms with Gasteiger partial charge in [-0.15, -0.1) is 0 Å². The molecule has 1 N–H and O–H groups in total. The van der Waals surface area contributed by atoms with Crippen LogP contribution in [0.3, 0.4) is 0 Å². The van der Waals surface area contributed by atoms with Crippen LogP contribution in [0.5, 0.6) is 5.75 Å². The van der Waals surface area contributed by atoms with Crippen molar-refractivity contribution in [3.8, 4) is 17.1 Å². The summed E-state index contributed by atoms with van der Waals surface area (Å²) in [5, 5.41) is 18.8. The van der Waals surface area contributed by atoms with Gasteiger partial charge in [-0.05, 0) is 61.4 Å². The second-order valence-electron chi connectivity index (χ2n) is 6.25. The second kappa shape index (κ2) is 7.75. The molecule has 3 aromatic rings. The van der Waals surface area contributed by atoms with Crippen molar-refractivity contribution >= 4 is 23.4 Å². The average Bonchev–Trinajstić information content (AvgIpc) is 3.00. The zero-order chi connectivity index (χ0) is 21.5. The first kappa shape index (κ1) is 21.3. The Labute approximate surface area is 172 Å². The fourth-order valence-electron chi connectivity index (χ4n) is 3.02. The molecule has 29 heavy (non-hydrogen) atoms. The van der Waals surface area contributed by atoms with Gasteiger partial charge in [0, 0.05) is 11.1 Å². The number of aromatic nitrogens is 4. The Morgan fingerprint density at radius 3 is 2.28 bits per heavy atom. The molecule has 3 rings (SSSR count). The van der Waals surface area contributed by atoms with Gasteiger partial charge in [0.05, 0.1) is 5.69 Å². The largest absolute Gasteiger partial charge is 0.504 e. The van der Waals surface area contributed by atoms with Crippen molar-refractivity contribution in [3.63, 3.8) is 0 Å². The zero-order valence-corrected chi connectivity index (χ0v) is 17.2. The number of halogens is 4. The van der Waals surface area contributed by atoms with Crippen molar-refractivity contribution in [2.75, 3.05) is 0 Å². The van der Waals surface area contributed by atoms with E-state index >= 15 is 0 Å². The van der Waals surface area contributed by atoms with Crippen LogP contribution in [0.1, 0.15) is 23.7 Å². The number of alkyl halides is 3. The van der Waals surface area contributed by atoms with Gasteiger partial charge < -0.3 is 5.11 Å². The topological polar surface area (TPSA) is 72.9 Å². The van der Waals surface area contributed by atoms with Crippen LogP contribution in [0.2, 0.25) is 5.15 Å². The van der Waals surface area contributed by atoms with Crippen LogP contribution in [0, 0.1) is 13.8 Å². The number of aryl methyl sites for hydroxylation is 3. The number of aromatic hydroxyl groups is 1. The first-order chi connectivity index (χ1) is 13.5. The van der Waals surface area contributed by atoms with Crippen molar-refractivity contribution in [2.24, 2.45) is 0 Å². The van der Waals surface area contributed by atoms with Crippen LogP contribution in [0.4, 0.5) is 13.2 Å². The van der Waals surface area contributed by atoms with Crippen LogP contribution in [-0.2, 0) is 6.42 Å². The van der Waals surface area contributed by atoms with E-state index in [1.807, 2.05) is 0 Å². The lowest BCUT2D eigenvalue weighted by Gasteiger charge is -2.17. The summed E-state index contributed by atoms with van der Waals surface area (Å²) in [5.74, 6) is -0.326. The highest BCUT2D eigenvalue weighted by Crippen LogP contribution is 2.38. The van der Waals surface area contributed by atoms with E-state index in [0.717, 1.165) is 9.36 Å². The summed E-state index contributed by atoms with van der Waals surface area (Å²) in [4.78, 5) is 13.1. The molecule has 2 heterocycles. The normalized spacial score (nSPS) is 11.8. The summed E-state index contributed by atoms with van der Waals surface area (Å²) in [6.07, 6.45) is 1.74. The quantitative estimate of drug-likeness (QED) is 0.597. The van der Waals surface area contributed by atoms with Crippen LogP contribution in [0.25, 0.3) is 11.4 Å². The zero-order valence-electron chi connectivity index (χ0n) is 15.6. The Bertz CT molecular complexity index is 1120. The molecule has 11 heteroatoms. The smallest absolute Gasteiger partial charge is 0.446 e. The van der Waals surface area contributed by atoms with Gasteiger partial charge in [-0.25, -0.2) is 4.68 Å². The predicted molar refractivity (Wildman–Crippen MR) is 104 cm³/mol. The van der Waals surface area contributed by atoms with E-state index in [4.69, 9.17) is 11.6 Å². The summed E-state index contributed by atoms with van der Waals surface area (Å²) >= 11 is 5.61. The third-order valence-electron chi connectivity index (χ3n) is 4.14. The second-order valence-corrected chi connectivity index (χ2v) is 7.78. The highest BCUT2D eigenvalue weighted by atomic mass is 35.5. The van der Waals surface area contributed by atoms with Gasteiger partial charge in [0.2, 0.25) is 0 Å². The molecule has 1 aromatic carbocycles. The van der Waals surface area contributed by atoms with Crippen molar-refractivity contribution in [1.29, 1.82) is 0 Å². The number of nitrogens with zero attached hydrogens (tertiary/aromatic N) is 4. The molecule has 0 saturated heterocycles. The molecule has 0 amide bonds. The van der Waals surface area contributed by atoms with E-state index < -0.39 is 11.1 Å². The van der Waals surface area contributed by atoms with Gasteiger partial charge in [0.25, 0.3) is 0 Å². The maximum Gasteiger partial charge on any atom is 0.446 e. The van der Waals surface area contributed by atoms with E-state index in [1.54, 1.807) is 20.8 Å². The molecule has 6 nitrogen and oxygen atoms in total. The lowest BCUT2D eigenvalue weighted by atomic mass is 10.1. The lowest BCUT2D eigenvalue weighted by Crippen LogP contribution is -2.28. The van der Waals surface area contributed by atoms with Gasteiger partial charge in [-0.2, -0.15) is 28.1 Å². The molecule has 0 unspecified atom stereocenters. The van der Waals surface area contributed by atoms with Crippen LogP contribution < -0.4 is 5.56 Å². The van der Waals surface area contributed by atoms with Crippen LogP contribution >= 0.6 is 23.4 Å². The van der Waals surface area contributed by atoms with Crippen molar-refractivity contribution in [2.45, 2.75) is 37.6 Å². The number of hydrogen-bond acceptors (Lipinski definition) is 5. The van der Waals surface area contributed by atoms with Crippen LogP contribution in [0.15, 0.2) is 34.1 Å². The Morgan fingerprint density at radius 1 is 1.17 bits per heavy atom. The number of rotatable bonds is 4. The molecule has 0 fully saturated rings. The predicted octanol–water partition coefficient (Wildman–Crippen LogP) is 4.57. The molecule has 0 aliphatic heterocycles. The molecule has 0 aliphatic rings. The van der Waals surface area contributed by atoms with Gasteiger partial charge >= 0.3 is 11.1 Å². The Balaban J connectivity index is 2.26. The monoisotopic (exact) mass is 444 g/mol. The highest BCUT2D eigenvalue weighted by molar-refractivity contribution is 8.00.